The average Bonchev–Trinajstić information content (AvgIpc) is 3.52. The summed E-state index contributed by atoms with van der Waals surface area (Å²) >= 11 is 1.57. The molecule has 4 atom stereocenters. The van der Waals surface area contributed by atoms with Gasteiger partial charge in [-0.25, -0.2) is 4.98 Å². The van der Waals surface area contributed by atoms with Crippen LogP contribution in [-0.4, -0.2) is 69.4 Å². The summed E-state index contributed by atoms with van der Waals surface area (Å²) in [7, 11) is 0. The van der Waals surface area contributed by atoms with Gasteiger partial charge in [0, 0.05) is 25.9 Å². The number of aliphatic hydroxyl groups is 1. The topological polar surface area (TPSA) is 141 Å². The lowest BCUT2D eigenvalue weighted by Crippen LogP contribution is -2.62. The fraction of sp³-hybridized carbons (Fsp3) is 0.606. The number of nitrogens with zero attached hydrogens (tertiary/aromatic N) is 2. The number of rotatable bonds is 10. The molecule has 10 nitrogen and oxygen atoms in total. The quantitative estimate of drug-likeness (QED) is 0.316. The number of nitrogens with one attached hydrogen (secondary N) is 3. The van der Waals surface area contributed by atoms with E-state index < -0.39 is 46.9 Å². The number of likely N-dealkylation sites (tertiary alicyclic amines) is 1. The third-order valence-corrected chi connectivity index (χ3v) is 8.70. The molecule has 1 aromatic heterocycles. The van der Waals surface area contributed by atoms with Crippen molar-refractivity contribution in [3.05, 3.63) is 41.0 Å². The van der Waals surface area contributed by atoms with Crippen molar-refractivity contribution in [2.24, 2.45) is 16.7 Å². The second-order valence-corrected chi connectivity index (χ2v) is 15.2. The predicted molar refractivity (Wildman–Crippen MR) is 172 cm³/mol. The number of carbonyl (C=O) groups excluding carboxylic acids is 4. The molecule has 1 fully saturated rings. The number of carbonyl (C=O) groups is 4. The number of amides is 4. The first-order chi connectivity index (χ1) is 20.4. The van der Waals surface area contributed by atoms with Crippen molar-refractivity contribution in [2.45, 2.75) is 106 Å². The number of aliphatic hydroxyl groups excluding tert-OH is 1. The monoisotopic (exact) mass is 627 g/mol. The molecule has 2 aromatic rings. The normalized spacial score (nSPS) is 18.6. The molecule has 1 saturated heterocycles. The molecule has 0 radical (unpaired) electrons. The minimum absolute atomic E-state index is 0.0178. The van der Waals surface area contributed by atoms with Crippen LogP contribution in [0.4, 0.5) is 0 Å². The highest BCUT2D eigenvalue weighted by Gasteiger charge is 2.45. The van der Waals surface area contributed by atoms with Crippen LogP contribution in [0.3, 0.4) is 0 Å². The second-order valence-electron chi connectivity index (χ2n) is 14.3. The number of aromatic nitrogens is 1. The number of thiazole rings is 1. The Balaban J connectivity index is 1.73. The zero-order valence-corrected chi connectivity index (χ0v) is 28.3. The SMILES string of the molecule is Cc1ncsc1-c1ccc(CNC(=O)C2CC(O)CN2C(=O)C(NC(=O)C(NC(=O)CC(C)C)C(C)(C)C)C(C)(C)C)cc1. The summed E-state index contributed by atoms with van der Waals surface area (Å²) in [5.41, 5.74) is 3.39. The Morgan fingerprint density at radius 2 is 1.61 bits per heavy atom. The first kappa shape index (κ1) is 35.2. The summed E-state index contributed by atoms with van der Waals surface area (Å²) in [4.78, 5) is 60.4. The molecule has 0 aliphatic carbocycles. The molecular formula is C33H49N5O5S. The van der Waals surface area contributed by atoms with E-state index in [4.69, 9.17) is 0 Å². The van der Waals surface area contributed by atoms with Gasteiger partial charge in [-0.3, -0.25) is 19.2 Å². The van der Waals surface area contributed by atoms with Gasteiger partial charge < -0.3 is 26.0 Å². The van der Waals surface area contributed by atoms with Crippen molar-refractivity contribution in [2.75, 3.05) is 6.54 Å². The van der Waals surface area contributed by atoms with E-state index >= 15 is 0 Å². The van der Waals surface area contributed by atoms with Crippen molar-refractivity contribution >= 4 is 35.0 Å². The molecule has 4 amide bonds. The molecular weight excluding hydrogens is 578 g/mol. The molecule has 2 heterocycles. The molecule has 242 valence electrons. The first-order valence-corrected chi connectivity index (χ1v) is 16.1. The lowest BCUT2D eigenvalue weighted by atomic mass is 9.83. The number of β-amino-alcohol motifs (C(OH)–C–C–N with tert-alkyl or cyclic N) is 1. The molecule has 4 unspecified atom stereocenters. The summed E-state index contributed by atoms with van der Waals surface area (Å²) in [5.74, 6) is -1.40. The van der Waals surface area contributed by atoms with Crippen LogP contribution < -0.4 is 16.0 Å². The zero-order chi connectivity index (χ0) is 33.0. The van der Waals surface area contributed by atoms with Crippen LogP contribution in [0, 0.1) is 23.7 Å². The van der Waals surface area contributed by atoms with Crippen molar-refractivity contribution in [3.63, 3.8) is 0 Å². The Morgan fingerprint density at radius 1 is 1.00 bits per heavy atom. The van der Waals surface area contributed by atoms with Crippen LogP contribution >= 0.6 is 11.3 Å². The molecule has 1 aliphatic heterocycles. The van der Waals surface area contributed by atoms with E-state index in [0.717, 1.165) is 21.7 Å². The van der Waals surface area contributed by atoms with Crippen LogP contribution in [0.25, 0.3) is 10.4 Å². The standard InChI is InChI=1S/C33H49N5O5S/c1-19(2)14-25(40)36-27(32(4,5)6)30(42)37-28(33(7,8)9)31(43)38-17-23(39)15-24(38)29(41)34-16-21-10-12-22(13-11-21)26-20(3)35-18-44-26/h10-13,18-19,23-24,27-28,39H,14-17H2,1-9H3,(H,34,41)(H,36,40)(H,37,42). The van der Waals surface area contributed by atoms with Crippen LogP contribution in [0.5, 0.6) is 0 Å². The lowest BCUT2D eigenvalue weighted by Gasteiger charge is -2.38. The molecule has 0 saturated carbocycles. The fourth-order valence-electron chi connectivity index (χ4n) is 5.27. The number of hydrogen-bond acceptors (Lipinski definition) is 7. The van der Waals surface area contributed by atoms with E-state index in [-0.39, 0.29) is 43.7 Å². The smallest absolute Gasteiger partial charge is 0.246 e. The van der Waals surface area contributed by atoms with E-state index in [1.807, 2.05) is 92.1 Å². The van der Waals surface area contributed by atoms with Gasteiger partial charge in [-0.05, 0) is 34.8 Å². The maximum Gasteiger partial charge on any atom is 0.246 e. The maximum absolute atomic E-state index is 14.0. The molecule has 11 heteroatoms. The summed E-state index contributed by atoms with van der Waals surface area (Å²) in [6.07, 6.45) is -0.493. The minimum atomic E-state index is -0.995. The third kappa shape index (κ3) is 9.11. The molecule has 0 spiro atoms. The van der Waals surface area contributed by atoms with Crippen molar-refractivity contribution in [1.29, 1.82) is 0 Å². The van der Waals surface area contributed by atoms with E-state index in [1.54, 1.807) is 11.3 Å². The molecule has 1 aliphatic rings. The Morgan fingerprint density at radius 3 is 2.14 bits per heavy atom. The Kier molecular flexibility index (Phi) is 11.3. The molecule has 1 aromatic carbocycles. The Hall–Kier alpha value is -3.31. The molecule has 44 heavy (non-hydrogen) atoms. The van der Waals surface area contributed by atoms with E-state index in [0.29, 0.717) is 0 Å². The van der Waals surface area contributed by atoms with Gasteiger partial charge in [-0.2, -0.15) is 0 Å². The van der Waals surface area contributed by atoms with Crippen LogP contribution in [0.15, 0.2) is 29.8 Å². The number of hydrogen-bond donors (Lipinski definition) is 4. The van der Waals surface area contributed by atoms with Gasteiger partial charge >= 0.3 is 0 Å². The third-order valence-electron chi connectivity index (χ3n) is 7.72. The second kappa shape index (κ2) is 14.2. The van der Waals surface area contributed by atoms with Gasteiger partial charge in [-0.1, -0.05) is 79.7 Å². The number of benzene rings is 1. The van der Waals surface area contributed by atoms with E-state index in [9.17, 15) is 24.3 Å². The lowest BCUT2D eigenvalue weighted by molar-refractivity contribution is -0.145. The summed E-state index contributed by atoms with van der Waals surface area (Å²) in [6, 6.07) is 5.11. The van der Waals surface area contributed by atoms with Gasteiger partial charge in [0.25, 0.3) is 0 Å². The van der Waals surface area contributed by atoms with Crippen LogP contribution in [-0.2, 0) is 25.7 Å². The first-order valence-electron chi connectivity index (χ1n) is 15.2. The minimum Gasteiger partial charge on any atom is -0.391 e. The molecule has 3 rings (SSSR count). The molecule has 4 N–H and O–H groups in total. The number of aryl methyl sites for hydroxylation is 1. The largest absolute Gasteiger partial charge is 0.391 e. The van der Waals surface area contributed by atoms with Crippen LogP contribution in [0.1, 0.15) is 79.5 Å². The summed E-state index contributed by atoms with van der Waals surface area (Å²) in [5, 5.41) is 19.2. The van der Waals surface area contributed by atoms with E-state index in [1.165, 1.54) is 4.90 Å². The highest BCUT2D eigenvalue weighted by Crippen LogP contribution is 2.29. The molecule has 0 bridgehead atoms. The van der Waals surface area contributed by atoms with Gasteiger partial charge in [0.2, 0.25) is 23.6 Å². The highest BCUT2D eigenvalue weighted by molar-refractivity contribution is 7.13. The highest BCUT2D eigenvalue weighted by atomic mass is 32.1. The zero-order valence-electron chi connectivity index (χ0n) is 27.5. The Bertz CT molecular complexity index is 1330. The van der Waals surface area contributed by atoms with Crippen molar-refractivity contribution in [3.8, 4) is 10.4 Å². The fourth-order valence-corrected chi connectivity index (χ4v) is 6.08. The predicted octanol–water partition coefficient (Wildman–Crippen LogP) is 3.80. The van der Waals surface area contributed by atoms with Crippen LogP contribution in [0.2, 0.25) is 0 Å². The van der Waals surface area contributed by atoms with Gasteiger partial charge in [0.05, 0.1) is 22.2 Å². The van der Waals surface area contributed by atoms with Crippen molar-refractivity contribution < 1.29 is 24.3 Å². The van der Waals surface area contributed by atoms with E-state index in [2.05, 4.69) is 20.9 Å². The average molecular weight is 628 g/mol. The van der Waals surface area contributed by atoms with Gasteiger partial charge in [0.1, 0.15) is 18.1 Å². The summed E-state index contributed by atoms with van der Waals surface area (Å²) in [6.45, 7) is 17.1. The van der Waals surface area contributed by atoms with Gasteiger partial charge in [-0.15, -0.1) is 11.3 Å². The Labute approximate surface area is 265 Å². The van der Waals surface area contributed by atoms with Crippen molar-refractivity contribution in [1.82, 2.24) is 25.8 Å². The summed E-state index contributed by atoms with van der Waals surface area (Å²) < 4.78 is 0. The van der Waals surface area contributed by atoms with Gasteiger partial charge in [0.15, 0.2) is 0 Å². The maximum atomic E-state index is 14.0.